The van der Waals surface area contributed by atoms with Gasteiger partial charge in [-0.25, -0.2) is 0 Å². The summed E-state index contributed by atoms with van der Waals surface area (Å²) in [4.78, 5) is 0. The molecule has 1 N–H and O–H groups in total. The number of aliphatic hydroxyl groups excluding tert-OH is 1. The van der Waals surface area contributed by atoms with Gasteiger partial charge in [-0.15, -0.1) is 5.73 Å². The third-order valence-electron chi connectivity index (χ3n) is 1.82. The molecule has 58 valence electrons. The van der Waals surface area contributed by atoms with Crippen LogP contribution in [0.3, 0.4) is 0 Å². The van der Waals surface area contributed by atoms with Gasteiger partial charge in [0.1, 0.15) is 0 Å². The molecule has 0 aromatic carbocycles. The maximum Gasteiger partial charge on any atom is 0.0822 e. The summed E-state index contributed by atoms with van der Waals surface area (Å²) in [5.74, 6) is 0.370. The quantitative estimate of drug-likeness (QED) is 0.593. The van der Waals surface area contributed by atoms with Crippen LogP contribution in [-0.4, -0.2) is 11.2 Å². The average molecular weight is 140 g/mol. The smallest absolute Gasteiger partial charge is 0.0822 e. The Kier molecular flexibility index (Phi) is 5.00. The molecule has 0 saturated carbocycles. The Bertz CT molecular complexity index is 119. The van der Waals surface area contributed by atoms with Crippen molar-refractivity contribution in [1.29, 1.82) is 0 Å². The van der Waals surface area contributed by atoms with E-state index in [9.17, 15) is 5.11 Å². The molecule has 0 aromatic rings. The SMILES string of the molecule is C=C=CC(O)C(CC)CC. The van der Waals surface area contributed by atoms with Crippen LogP contribution in [0.4, 0.5) is 0 Å². The van der Waals surface area contributed by atoms with Gasteiger partial charge < -0.3 is 5.11 Å². The molecule has 0 aliphatic heterocycles. The fourth-order valence-electron chi connectivity index (χ4n) is 1.03. The molecule has 0 aromatic heterocycles. The lowest BCUT2D eigenvalue weighted by molar-refractivity contribution is 0.147. The standard InChI is InChI=1S/C9H16O/c1-4-7-9(10)8(5-2)6-3/h7-10H,1,5-6H2,2-3H3. The molecule has 1 heteroatoms. The molecule has 0 radical (unpaired) electrons. The molecule has 0 rings (SSSR count). The molecule has 0 amide bonds. The third-order valence-corrected chi connectivity index (χ3v) is 1.82. The lowest BCUT2D eigenvalue weighted by Gasteiger charge is -2.14. The van der Waals surface area contributed by atoms with E-state index < -0.39 is 0 Å². The maximum atomic E-state index is 9.35. The second-order valence-corrected chi connectivity index (χ2v) is 2.44. The van der Waals surface area contributed by atoms with Crippen molar-refractivity contribution in [3.8, 4) is 0 Å². The van der Waals surface area contributed by atoms with E-state index in [1.165, 1.54) is 0 Å². The zero-order valence-corrected chi connectivity index (χ0v) is 6.80. The van der Waals surface area contributed by atoms with Crippen LogP contribution in [0.15, 0.2) is 18.4 Å². The summed E-state index contributed by atoms with van der Waals surface area (Å²) < 4.78 is 0. The zero-order valence-electron chi connectivity index (χ0n) is 6.80. The van der Waals surface area contributed by atoms with Crippen molar-refractivity contribution >= 4 is 0 Å². The minimum atomic E-state index is -0.354. The molecule has 1 atom stereocenters. The minimum Gasteiger partial charge on any atom is -0.388 e. The third kappa shape index (κ3) is 2.86. The molecular formula is C9H16O. The molecule has 1 unspecified atom stereocenters. The van der Waals surface area contributed by atoms with Gasteiger partial charge in [0, 0.05) is 0 Å². The predicted molar refractivity (Wildman–Crippen MR) is 43.8 cm³/mol. The topological polar surface area (TPSA) is 20.2 Å². The van der Waals surface area contributed by atoms with Crippen LogP contribution in [-0.2, 0) is 0 Å². The first kappa shape index (κ1) is 9.48. The van der Waals surface area contributed by atoms with Gasteiger partial charge in [-0.05, 0) is 12.0 Å². The van der Waals surface area contributed by atoms with Gasteiger partial charge in [-0.2, -0.15) is 0 Å². The summed E-state index contributed by atoms with van der Waals surface area (Å²) in [6, 6.07) is 0. The van der Waals surface area contributed by atoms with E-state index in [-0.39, 0.29) is 6.10 Å². The van der Waals surface area contributed by atoms with Crippen molar-refractivity contribution in [1.82, 2.24) is 0 Å². The lowest BCUT2D eigenvalue weighted by atomic mass is 9.97. The average Bonchev–Trinajstić information content (AvgIpc) is 1.91. The zero-order chi connectivity index (χ0) is 7.98. The van der Waals surface area contributed by atoms with Gasteiger partial charge in [-0.3, -0.25) is 0 Å². The van der Waals surface area contributed by atoms with Crippen LogP contribution in [0.2, 0.25) is 0 Å². The van der Waals surface area contributed by atoms with Crippen molar-refractivity contribution in [2.45, 2.75) is 32.8 Å². The Hall–Kier alpha value is -0.520. The molecule has 0 heterocycles. The molecule has 0 saturated heterocycles. The van der Waals surface area contributed by atoms with E-state index in [1.54, 1.807) is 6.08 Å². The second kappa shape index (κ2) is 5.28. The summed E-state index contributed by atoms with van der Waals surface area (Å²) in [6.07, 6.45) is 3.29. The molecule has 10 heavy (non-hydrogen) atoms. The van der Waals surface area contributed by atoms with E-state index in [2.05, 4.69) is 26.2 Å². The Morgan fingerprint density at radius 3 is 2.30 bits per heavy atom. The first-order valence-corrected chi connectivity index (χ1v) is 3.80. The van der Waals surface area contributed by atoms with E-state index in [0.29, 0.717) is 5.92 Å². The summed E-state index contributed by atoms with van der Waals surface area (Å²) in [7, 11) is 0. The molecule has 0 fully saturated rings. The van der Waals surface area contributed by atoms with Crippen LogP contribution in [0, 0.1) is 5.92 Å². The lowest BCUT2D eigenvalue weighted by Crippen LogP contribution is -2.15. The Morgan fingerprint density at radius 2 is 2.00 bits per heavy atom. The predicted octanol–water partition coefficient (Wildman–Crippen LogP) is 2.12. The van der Waals surface area contributed by atoms with Gasteiger partial charge in [0.2, 0.25) is 0 Å². The van der Waals surface area contributed by atoms with Crippen molar-refractivity contribution in [2.24, 2.45) is 5.92 Å². The Morgan fingerprint density at radius 1 is 1.50 bits per heavy atom. The van der Waals surface area contributed by atoms with Crippen LogP contribution in [0.5, 0.6) is 0 Å². The van der Waals surface area contributed by atoms with E-state index in [1.807, 2.05) is 0 Å². The van der Waals surface area contributed by atoms with Crippen molar-refractivity contribution < 1.29 is 5.11 Å². The van der Waals surface area contributed by atoms with E-state index in [4.69, 9.17) is 0 Å². The van der Waals surface area contributed by atoms with Crippen LogP contribution in [0.1, 0.15) is 26.7 Å². The number of rotatable bonds is 4. The molecular weight excluding hydrogens is 124 g/mol. The summed E-state index contributed by atoms with van der Waals surface area (Å²) >= 11 is 0. The highest BCUT2D eigenvalue weighted by molar-refractivity contribution is 4.87. The number of aliphatic hydroxyl groups is 1. The summed E-state index contributed by atoms with van der Waals surface area (Å²) in [5, 5.41) is 9.35. The molecule has 1 nitrogen and oxygen atoms in total. The van der Waals surface area contributed by atoms with Crippen molar-refractivity contribution in [3.63, 3.8) is 0 Å². The highest BCUT2D eigenvalue weighted by Gasteiger charge is 2.10. The Labute approximate surface area is 63.1 Å². The fraction of sp³-hybridized carbons (Fsp3) is 0.667. The van der Waals surface area contributed by atoms with Crippen LogP contribution in [0.25, 0.3) is 0 Å². The Balaban J connectivity index is 3.87. The van der Waals surface area contributed by atoms with Gasteiger partial charge in [-0.1, -0.05) is 33.3 Å². The highest BCUT2D eigenvalue weighted by atomic mass is 16.3. The summed E-state index contributed by atoms with van der Waals surface area (Å²) in [5.41, 5.74) is 2.59. The molecule has 0 spiro atoms. The van der Waals surface area contributed by atoms with E-state index >= 15 is 0 Å². The first-order chi connectivity index (χ1) is 4.76. The van der Waals surface area contributed by atoms with Gasteiger partial charge in [0.25, 0.3) is 0 Å². The fourth-order valence-corrected chi connectivity index (χ4v) is 1.03. The largest absolute Gasteiger partial charge is 0.388 e. The van der Waals surface area contributed by atoms with Gasteiger partial charge in [0.15, 0.2) is 0 Å². The van der Waals surface area contributed by atoms with Crippen LogP contribution >= 0.6 is 0 Å². The maximum absolute atomic E-state index is 9.35. The van der Waals surface area contributed by atoms with Crippen LogP contribution < -0.4 is 0 Å². The molecule has 0 aliphatic rings. The summed E-state index contributed by atoms with van der Waals surface area (Å²) in [6.45, 7) is 7.57. The molecule has 0 bridgehead atoms. The molecule has 0 aliphatic carbocycles. The highest BCUT2D eigenvalue weighted by Crippen LogP contribution is 2.13. The first-order valence-electron chi connectivity index (χ1n) is 3.80. The van der Waals surface area contributed by atoms with Gasteiger partial charge in [0.05, 0.1) is 6.10 Å². The minimum absolute atomic E-state index is 0.354. The van der Waals surface area contributed by atoms with Crippen molar-refractivity contribution in [3.05, 3.63) is 18.4 Å². The monoisotopic (exact) mass is 140 g/mol. The van der Waals surface area contributed by atoms with Crippen molar-refractivity contribution in [2.75, 3.05) is 0 Å². The second-order valence-electron chi connectivity index (χ2n) is 2.44. The van der Waals surface area contributed by atoms with Gasteiger partial charge >= 0.3 is 0 Å². The van der Waals surface area contributed by atoms with E-state index in [0.717, 1.165) is 12.8 Å². The number of hydrogen-bond donors (Lipinski definition) is 1. The number of hydrogen-bond acceptors (Lipinski definition) is 1. The normalized spacial score (nSPS) is 12.8.